The monoisotopic (exact) mass is 1500 g/mol. The second-order valence-corrected chi connectivity index (χ2v) is 28.5. The van der Waals surface area contributed by atoms with Crippen LogP contribution in [0.5, 0.6) is 0 Å². The molecule has 0 saturated carbocycles. The molecule has 0 saturated heterocycles. The molecule has 15 heteroatoms. The van der Waals surface area contributed by atoms with Gasteiger partial charge in [0.05, 0.1) is 56.9 Å². The summed E-state index contributed by atoms with van der Waals surface area (Å²) in [5, 5.41) is 6.57. The van der Waals surface area contributed by atoms with Gasteiger partial charge in [-0.05, 0) is 150 Å². The van der Waals surface area contributed by atoms with Gasteiger partial charge in [-0.3, -0.25) is 28.2 Å². The molecule has 15 heterocycles. The third kappa shape index (κ3) is 13.1. The zero-order valence-electron chi connectivity index (χ0n) is 62.7. The molecular weight excluding hydrogens is 1440 g/mol. The Balaban J connectivity index is 0.000000110. The molecule has 15 nitrogen and oxygen atoms in total. The summed E-state index contributed by atoms with van der Waals surface area (Å²) in [7, 11) is 0. The van der Waals surface area contributed by atoms with Gasteiger partial charge in [0.1, 0.15) is 33.5 Å². The van der Waals surface area contributed by atoms with Crippen molar-refractivity contribution in [3.63, 3.8) is 0 Å². The molecule has 0 aliphatic carbocycles. The Labute approximate surface area is 670 Å². The summed E-state index contributed by atoms with van der Waals surface area (Å²) >= 11 is 0. The molecule has 0 aliphatic heterocycles. The first-order chi connectivity index (χ1) is 58.0. The normalized spacial score (nSPS) is 11.4. The van der Waals surface area contributed by atoms with Crippen LogP contribution in [0.4, 0.5) is 0 Å². The minimum atomic E-state index is 0.859. The molecule has 8 aromatic carbocycles. The van der Waals surface area contributed by atoms with E-state index in [1.807, 2.05) is 176 Å². The number of fused-ring (bicyclic) bond motifs is 15. The van der Waals surface area contributed by atoms with E-state index in [0.717, 1.165) is 206 Å². The molecular formula is C102H65N15. The van der Waals surface area contributed by atoms with E-state index in [-0.39, 0.29) is 0 Å². The Morgan fingerprint density at radius 1 is 0.179 bits per heavy atom. The van der Waals surface area contributed by atoms with Gasteiger partial charge in [0.15, 0.2) is 16.9 Å². The smallest absolute Gasteiger partial charge is 0.165 e. The number of rotatable bonds is 11. The van der Waals surface area contributed by atoms with Crippen LogP contribution >= 0.6 is 0 Å². The Kier molecular flexibility index (Phi) is 17.5. The highest BCUT2D eigenvalue weighted by Crippen LogP contribution is 2.40. The molecule has 23 aromatic rings. The molecule has 0 amide bonds. The average Bonchev–Trinajstić information content (AvgIpc) is 1.63. The molecule has 548 valence electrons. The summed E-state index contributed by atoms with van der Waals surface area (Å²) in [5.74, 6) is 0. The van der Waals surface area contributed by atoms with Crippen LogP contribution in [0.25, 0.3) is 206 Å². The van der Waals surface area contributed by atoms with E-state index >= 15 is 0 Å². The van der Waals surface area contributed by atoms with Crippen molar-refractivity contribution in [1.82, 2.24) is 73.0 Å². The fraction of sp³-hybridized carbons (Fsp3) is 0. The minimum Gasteiger partial charge on any atom is -0.284 e. The number of pyridine rings is 12. The van der Waals surface area contributed by atoms with E-state index in [9.17, 15) is 0 Å². The Morgan fingerprint density at radius 2 is 0.513 bits per heavy atom. The fourth-order valence-corrected chi connectivity index (χ4v) is 15.6. The van der Waals surface area contributed by atoms with Crippen LogP contribution in [-0.2, 0) is 0 Å². The zero-order valence-corrected chi connectivity index (χ0v) is 62.7. The van der Waals surface area contributed by atoms with Gasteiger partial charge in [0.2, 0.25) is 0 Å². The number of benzene rings is 8. The highest BCUT2D eigenvalue weighted by Gasteiger charge is 2.21. The highest BCUT2D eigenvalue weighted by atomic mass is 15.1. The molecule has 0 atom stereocenters. The lowest BCUT2D eigenvalue weighted by molar-refractivity contribution is 1.19. The number of nitrogens with zero attached hydrogens (tertiary/aromatic N) is 15. The number of hydrogen-bond donors (Lipinski definition) is 0. The Morgan fingerprint density at radius 3 is 0.940 bits per heavy atom. The maximum atomic E-state index is 5.17. The van der Waals surface area contributed by atoms with Crippen molar-refractivity contribution in [1.29, 1.82) is 0 Å². The van der Waals surface area contributed by atoms with E-state index in [2.05, 4.69) is 222 Å². The molecule has 23 rings (SSSR count). The molecule has 0 radical (unpaired) electrons. The van der Waals surface area contributed by atoms with E-state index in [4.69, 9.17) is 44.9 Å². The van der Waals surface area contributed by atoms with E-state index < -0.39 is 0 Å². The van der Waals surface area contributed by atoms with Crippen molar-refractivity contribution in [3.8, 4) is 124 Å². The molecule has 15 aromatic heterocycles. The first kappa shape index (κ1) is 68.7. The van der Waals surface area contributed by atoms with Crippen LogP contribution in [0.15, 0.2) is 395 Å². The van der Waals surface area contributed by atoms with Crippen molar-refractivity contribution in [2.75, 3.05) is 0 Å². The summed E-state index contributed by atoms with van der Waals surface area (Å²) in [6.45, 7) is 0. The van der Waals surface area contributed by atoms with E-state index in [0.29, 0.717) is 0 Å². The molecule has 0 unspecified atom stereocenters. The number of aromatic nitrogens is 15. The van der Waals surface area contributed by atoms with Gasteiger partial charge in [-0.25, -0.2) is 44.9 Å². The topological polar surface area (TPSA) is 168 Å². The molecule has 117 heavy (non-hydrogen) atoms. The molecule has 0 bridgehead atoms. The summed E-state index contributed by atoms with van der Waals surface area (Å²) in [4.78, 5) is 57.6. The van der Waals surface area contributed by atoms with E-state index in [1.165, 1.54) is 0 Å². The van der Waals surface area contributed by atoms with Crippen molar-refractivity contribution in [2.45, 2.75) is 0 Å². The molecule has 0 N–H and O–H groups in total. The number of imidazole rings is 3. The average molecular weight is 1500 g/mol. The first-order valence-electron chi connectivity index (χ1n) is 38.6. The summed E-state index contributed by atoms with van der Waals surface area (Å²) < 4.78 is 6.17. The van der Waals surface area contributed by atoms with Crippen molar-refractivity contribution >= 4 is 82.8 Å². The van der Waals surface area contributed by atoms with Gasteiger partial charge in [0, 0.05) is 126 Å². The molecule has 0 aliphatic rings. The minimum absolute atomic E-state index is 0.859. The van der Waals surface area contributed by atoms with Crippen LogP contribution in [-0.4, -0.2) is 73.0 Å². The van der Waals surface area contributed by atoms with Gasteiger partial charge >= 0.3 is 0 Å². The maximum Gasteiger partial charge on any atom is 0.165 e. The standard InChI is InChI=1S/2C36H23N5.C30H19N5/c1-2-12-29-28(11-1)34(40-36-35(29)39-33-16-4-6-22-41(33)36)27-10-7-9-26(23-27)24-17-19-25(20-18-24)30-14-8-15-32(38-30)31-13-3-5-21-37-31;1-2-12-30-29(11-1)34(40-36-35(30)39-33-15-3-4-21-41(33)36)27-9-5-8-26(22-27)24-16-18-25(19-17-24)31-13-6-14-32(38-31)28-10-7-20-37-23-28;1-2-10-24-23(9-1)28(34-30-29(24)33-27-13-3-4-18-35(27)30)22-8-5-7-21(19-22)26-12-6-11-25(32-26)20-14-16-31-17-15-20/h2*1-23H;1-19H. The van der Waals surface area contributed by atoms with Gasteiger partial charge in [-0.2, -0.15) is 0 Å². The lowest BCUT2D eigenvalue weighted by Crippen LogP contribution is -1.93. The third-order valence-corrected chi connectivity index (χ3v) is 21.3. The van der Waals surface area contributed by atoms with Crippen LogP contribution in [0, 0.1) is 0 Å². The predicted molar refractivity (Wildman–Crippen MR) is 471 cm³/mol. The second kappa shape index (κ2) is 29.8. The predicted octanol–water partition coefficient (Wildman–Crippen LogP) is 23.8. The summed E-state index contributed by atoms with van der Waals surface area (Å²) in [6.07, 6.45) is 15.0. The van der Waals surface area contributed by atoms with Gasteiger partial charge < -0.3 is 0 Å². The summed E-state index contributed by atoms with van der Waals surface area (Å²) in [6, 6.07) is 118. The largest absolute Gasteiger partial charge is 0.284 e. The maximum absolute atomic E-state index is 5.17. The first-order valence-corrected chi connectivity index (χ1v) is 38.6. The Hall–Kier alpha value is -16.3. The summed E-state index contributed by atoms with van der Waals surface area (Å²) in [5.41, 5.74) is 30.2. The highest BCUT2D eigenvalue weighted by molar-refractivity contribution is 6.12. The quantitative estimate of drug-likeness (QED) is 0.120. The van der Waals surface area contributed by atoms with Crippen molar-refractivity contribution in [2.24, 2.45) is 0 Å². The zero-order chi connectivity index (χ0) is 77.5. The second-order valence-electron chi connectivity index (χ2n) is 28.5. The number of hydrogen-bond acceptors (Lipinski definition) is 12. The SMILES string of the molecule is c1cc(-c2cccc(-c3ccncc3)n2)cc(-c2nc3c(nc4ccccn43)c3ccccc23)c1.c1ccc(-c2cccc(-c3ccc(-c4cccc(-c5nc6c(nc7ccccn76)c6ccccc56)c4)cc3)n2)nc1.c1cncc(-c2cccc(-c3ccc(-c4cccc(-c5nc6c(nc7ccccn76)c6ccccc56)c4)cc3)n2)c1. The van der Waals surface area contributed by atoms with E-state index in [1.54, 1.807) is 24.8 Å². The van der Waals surface area contributed by atoms with Gasteiger partial charge in [-0.1, -0.05) is 218 Å². The van der Waals surface area contributed by atoms with Crippen LogP contribution in [0.1, 0.15) is 0 Å². The lowest BCUT2D eigenvalue weighted by Gasteiger charge is -2.10. The van der Waals surface area contributed by atoms with Crippen LogP contribution in [0.3, 0.4) is 0 Å². The lowest BCUT2D eigenvalue weighted by atomic mass is 9.97. The van der Waals surface area contributed by atoms with Crippen molar-refractivity contribution in [3.05, 3.63) is 395 Å². The molecule has 0 spiro atoms. The fourth-order valence-electron chi connectivity index (χ4n) is 15.6. The van der Waals surface area contributed by atoms with Gasteiger partial charge in [0.25, 0.3) is 0 Å². The third-order valence-electron chi connectivity index (χ3n) is 21.3. The Bertz CT molecular complexity index is 7380. The van der Waals surface area contributed by atoms with Gasteiger partial charge in [-0.15, -0.1) is 0 Å². The van der Waals surface area contributed by atoms with Crippen LogP contribution < -0.4 is 0 Å². The van der Waals surface area contributed by atoms with Crippen molar-refractivity contribution < 1.29 is 0 Å². The van der Waals surface area contributed by atoms with Crippen LogP contribution in [0.2, 0.25) is 0 Å². The molecule has 0 fully saturated rings.